The van der Waals surface area contributed by atoms with Gasteiger partial charge in [0, 0.05) is 6.54 Å². The van der Waals surface area contributed by atoms with Crippen LogP contribution in [0.4, 0.5) is 4.39 Å². The molecule has 1 unspecified atom stereocenters. The summed E-state index contributed by atoms with van der Waals surface area (Å²) in [6.07, 6.45) is -0.0465. The summed E-state index contributed by atoms with van der Waals surface area (Å²) in [4.78, 5) is 0. The third-order valence-corrected chi connectivity index (χ3v) is 2.45. The molecule has 0 bridgehead atoms. The van der Waals surface area contributed by atoms with Gasteiger partial charge in [-0.2, -0.15) is 0 Å². The number of hydrogen-bond acceptors (Lipinski definition) is 3. The smallest absolute Gasteiger partial charge is 0.141 e. The molecule has 0 saturated carbocycles. The highest BCUT2D eigenvalue weighted by atomic mass is 35.5. The fraction of sp³-hybridized carbons (Fsp3) is 0.455. The summed E-state index contributed by atoms with van der Waals surface area (Å²) in [6.45, 7) is 0.722. The minimum absolute atomic E-state index is 0.118. The molecule has 0 saturated heterocycles. The van der Waals surface area contributed by atoms with Gasteiger partial charge >= 0.3 is 0 Å². The van der Waals surface area contributed by atoms with Crippen molar-refractivity contribution in [3.8, 4) is 0 Å². The molecule has 3 nitrogen and oxygen atoms in total. The average molecular weight is 248 g/mol. The van der Waals surface area contributed by atoms with Crippen molar-refractivity contribution in [2.45, 2.75) is 12.5 Å². The van der Waals surface area contributed by atoms with Gasteiger partial charge in [0.25, 0.3) is 0 Å². The maximum Gasteiger partial charge on any atom is 0.141 e. The van der Waals surface area contributed by atoms with E-state index in [1.807, 2.05) is 0 Å². The molecule has 0 heterocycles. The van der Waals surface area contributed by atoms with Crippen LogP contribution in [0.15, 0.2) is 18.2 Å². The molecule has 0 aliphatic carbocycles. The van der Waals surface area contributed by atoms with Gasteiger partial charge in [0.2, 0.25) is 0 Å². The van der Waals surface area contributed by atoms with Crippen molar-refractivity contribution in [3.05, 3.63) is 34.6 Å². The molecule has 0 amide bonds. The lowest BCUT2D eigenvalue weighted by molar-refractivity contribution is 0.0947. The molecule has 1 rings (SSSR count). The van der Waals surface area contributed by atoms with Crippen molar-refractivity contribution in [2.75, 3.05) is 19.7 Å². The van der Waals surface area contributed by atoms with Crippen LogP contribution in [0.2, 0.25) is 5.02 Å². The Bertz CT molecular complexity index is 336. The SMILES string of the molecule is OCC(O)CNCCc1ccc(F)c(Cl)c1. The normalized spacial score (nSPS) is 12.8. The lowest BCUT2D eigenvalue weighted by atomic mass is 10.1. The Morgan fingerprint density at radius 2 is 2.19 bits per heavy atom. The first kappa shape index (κ1) is 13.4. The predicted octanol–water partition coefficient (Wildman–Crippen LogP) is 0.964. The molecule has 1 aromatic carbocycles. The summed E-state index contributed by atoms with van der Waals surface area (Å²) < 4.78 is 12.8. The monoisotopic (exact) mass is 247 g/mol. The van der Waals surface area contributed by atoms with E-state index in [1.54, 1.807) is 12.1 Å². The lowest BCUT2D eigenvalue weighted by Gasteiger charge is -2.08. The number of hydrogen-bond donors (Lipinski definition) is 3. The van der Waals surface area contributed by atoms with Gasteiger partial charge in [0.15, 0.2) is 0 Å². The van der Waals surface area contributed by atoms with E-state index in [4.69, 9.17) is 21.8 Å². The topological polar surface area (TPSA) is 52.5 Å². The van der Waals surface area contributed by atoms with Gasteiger partial charge in [-0.25, -0.2) is 4.39 Å². The van der Waals surface area contributed by atoms with Crippen LogP contribution in [0.1, 0.15) is 5.56 Å². The van der Waals surface area contributed by atoms with Crippen molar-refractivity contribution in [3.63, 3.8) is 0 Å². The standard InChI is InChI=1S/C11H15ClFNO2/c12-10-5-8(1-2-11(10)13)3-4-14-6-9(16)7-15/h1-2,5,9,14-16H,3-4,6-7H2. The fourth-order valence-corrected chi connectivity index (χ4v) is 1.46. The lowest BCUT2D eigenvalue weighted by Crippen LogP contribution is -2.30. The Kier molecular flexibility index (Phi) is 5.69. The Labute approximate surface area is 98.9 Å². The number of aliphatic hydroxyl groups is 2. The van der Waals surface area contributed by atoms with Crippen LogP contribution in [0, 0.1) is 5.82 Å². The Morgan fingerprint density at radius 1 is 1.44 bits per heavy atom. The van der Waals surface area contributed by atoms with Crippen LogP contribution in [-0.2, 0) is 6.42 Å². The van der Waals surface area contributed by atoms with Gasteiger partial charge in [-0.3, -0.25) is 0 Å². The van der Waals surface area contributed by atoms with Gasteiger partial charge in [-0.05, 0) is 30.7 Å². The minimum Gasteiger partial charge on any atom is -0.394 e. The second kappa shape index (κ2) is 6.81. The van der Waals surface area contributed by atoms with Crippen LogP contribution in [0.3, 0.4) is 0 Å². The summed E-state index contributed by atoms with van der Waals surface area (Å²) in [7, 11) is 0. The van der Waals surface area contributed by atoms with Crippen LogP contribution < -0.4 is 5.32 Å². The summed E-state index contributed by atoms with van der Waals surface area (Å²) in [5, 5.41) is 20.7. The first-order valence-corrected chi connectivity index (χ1v) is 5.45. The molecule has 0 aliphatic heterocycles. The third-order valence-electron chi connectivity index (χ3n) is 2.17. The highest BCUT2D eigenvalue weighted by Crippen LogP contribution is 2.15. The van der Waals surface area contributed by atoms with E-state index in [0.717, 1.165) is 5.56 Å². The van der Waals surface area contributed by atoms with Gasteiger partial charge in [0.05, 0.1) is 17.7 Å². The van der Waals surface area contributed by atoms with E-state index < -0.39 is 11.9 Å². The first-order valence-electron chi connectivity index (χ1n) is 5.07. The van der Waals surface area contributed by atoms with Crippen LogP contribution >= 0.6 is 11.6 Å². The van der Waals surface area contributed by atoms with E-state index in [1.165, 1.54) is 6.07 Å². The summed E-state index contributed by atoms with van der Waals surface area (Å²) in [6, 6.07) is 4.59. The quantitative estimate of drug-likeness (QED) is 0.657. The molecule has 1 aromatic rings. The minimum atomic E-state index is -0.739. The Hall–Kier alpha value is -0.680. The molecule has 0 aliphatic rings. The van der Waals surface area contributed by atoms with E-state index in [-0.39, 0.29) is 11.6 Å². The molecule has 0 spiro atoms. The number of rotatable bonds is 6. The van der Waals surface area contributed by atoms with E-state index >= 15 is 0 Å². The zero-order chi connectivity index (χ0) is 12.0. The van der Waals surface area contributed by atoms with Crippen LogP contribution in [0.5, 0.6) is 0 Å². The van der Waals surface area contributed by atoms with Crippen molar-refractivity contribution in [2.24, 2.45) is 0 Å². The van der Waals surface area contributed by atoms with Crippen molar-refractivity contribution < 1.29 is 14.6 Å². The highest BCUT2D eigenvalue weighted by Gasteiger charge is 2.02. The molecular weight excluding hydrogens is 233 g/mol. The molecule has 0 fully saturated rings. The number of aliphatic hydroxyl groups excluding tert-OH is 2. The molecule has 90 valence electrons. The fourth-order valence-electron chi connectivity index (χ4n) is 1.26. The maximum atomic E-state index is 12.8. The van der Waals surface area contributed by atoms with E-state index in [2.05, 4.69) is 5.32 Å². The molecule has 0 radical (unpaired) electrons. The van der Waals surface area contributed by atoms with E-state index in [0.29, 0.717) is 19.5 Å². The molecule has 1 atom stereocenters. The van der Waals surface area contributed by atoms with Crippen LogP contribution in [0.25, 0.3) is 0 Å². The second-order valence-corrected chi connectivity index (χ2v) is 3.95. The van der Waals surface area contributed by atoms with E-state index in [9.17, 15) is 4.39 Å². The van der Waals surface area contributed by atoms with Crippen molar-refractivity contribution in [1.82, 2.24) is 5.32 Å². The molecule has 3 N–H and O–H groups in total. The summed E-state index contributed by atoms with van der Waals surface area (Å²) in [5.41, 5.74) is 0.928. The molecule has 0 aromatic heterocycles. The third kappa shape index (κ3) is 4.45. The molecule has 5 heteroatoms. The Balaban J connectivity index is 2.29. The van der Waals surface area contributed by atoms with Crippen molar-refractivity contribution in [1.29, 1.82) is 0 Å². The first-order chi connectivity index (χ1) is 7.63. The maximum absolute atomic E-state index is 12.8. The molecule has 16 heavy (non-hydrogen) atoms. The second-order valence-electron chi connectivity index (χ2n) is 3.54. The van der Waals surface area contributed by atoms with Gasteiger partial charge in [-0.15, -0.1) is 0 Å². The largest absolute Gasteiger partial charge is 0.394 e. The Morgan fingerprint density at radius 3 is 2.81 bits per heavy atom. The number of halogens is 2. The van der Waals surface area contributed by atoms with Gasteiger partial charge < -0.3 is 15.5 Å². The summed E-state index contributed by atoms with van der Waals surface area (Å²) in [5.74, 6) is -0.422. The van der Waals surface area contributed by atoms with Crippen molar-refractivity contribution >= 4 is 11.6 Å². The zero-order valence-electron chi connectivity index (χ0n) is 8.79. The summed E-state index contributed by atoms with van der Waals surface area (Å²) >= 11 is 5.63. The van der Waals surface area contributed by atoms with Gasteiger partial charge in [-0.1, -0.05) is 17.7 Å². The number of nitrogens with one attached hydrogen (secondary N) is 1. The average Bonchev–Trinajstić information content (AvgIpc) is 2.28. The predicted molar refractivity (Wildman–Crippen MR) is 61.1 cm³/mol. The van der Waals surface area contributed by atoms with Gasteiger partial charge in [0.1, 0.15) is 5.82 Å². The number of benzene rings is 1. The van der Waals surface area contributed by atoms with Crippen LogP contribution in [-0.4, -0.2) is 36.0 Å². The molecular formula is C11H15ClFNO2. The zero-order valence-corrected chi connectivity index (χ0v) is 9.54. The highest BCUT2D eigenvalue weighted by molar-refractivity contribution is 6.30.